The summed E-state index contributed by atoms with van der Waals surface area (Å²) in [6, 6.07) is 2.91. The highest BCUT2D eigenvalue weighted by Gasteiger charge is 2.31. The van der Waals surface area contributed by atoms with E-state index in [0.29, 0.717) is 5.56 Å². The Kier molecular flexibility index (Phi) is 4.92. The zero-order chi connectivity index (χ0) is 13.8. The van der Waals surface area contributed by atoms with E-state index in [9.17, 15) is 18.3 Å². The highest BCUT2D eigenvalue weighted by molar-refractivity contribution is 5.41. The summed E-state index contributed by atoms with van der Waals surface area (Å²) in [5.41, 5.74) is 0.477. The number of halogens is 3. The lowest BCUT2D eigenvalue weighted by molar-refractivity contribution is -0.120. The molecule has 2 N–H and O–H groups in total. The van der Waals surface area contributed by atoms with Crippen LogP contribution < -0.4 is 4.90 Å². The van der Waals surface area contributed by atoms with Crippen molar-refractivity contribution >= 4 is 5.82 Å². The molecule has 1 heterocycles. The average molecular weight is 264 g/mol. The minimum absolute atomic E-state index is 0.0831. The van der Waals surface area contributed by atoms with Crippen molar-refractivity contribution in [2.45, 2.75) is 19.2 Å². The number of aromatic nitrogens is 1. The second-order valence-electron chi connectivity index (χ2n) is 3.88. The molecule has 7 heteroatoms. The van der Waals surface area contributed by atoms with Gasteiger partial charge in [-0.1, -0.05) is 0 Å². The maximum absolute atomic E-state index is 12.4. The SMILES string of the molecule is C[C@H](O)c1ccnc(N(CCO)CC(F)(F)F)c1. The van der Waals surface area contributed by atoms with Crippen LogP contribution >= 0.6 is 0 Å². The zero-order valence-electron chi connectivity index (χ0n) is 9.85. The topological polar surface area (TPSA) is 56.6 Å². The molecular formula is C11H15F3N2O2. The third kappa shape index (κ3) is 4.50. The first-order valence-corrected chi connectivity index (χ1v) is 5.40. The number of pyridine rings is 1. The Balaban J connectivity index is 2.94. The standard InChI is InChI=1S/C11H15F3N2O2/c1-8(18)9-2-3-15-10(6-9)16(4-5-17)7-11(12,13)14/h2-3,6,8,17-18H,4-5,7H2,1H3/t8-/m0/s1. The van der Waals surface area contributed by atoms with Crippen molar-refractivity contribution in [3.8, 4) is 0 Å². The van der Waals surface area contributed by atoms with Crippen LogP contribution in [-0.2, 0) is 0 Å². The fraction of sp³-hybridized carbons (Fsp3) is 0.545. The second kappa shape index (κ2) is 6.01. The van der Waals surface area contributed by atoms with Gasteiger partial charge in [-0.15, -0.1) is 0 Å². The summed E-state index contributed by atoms with van der Waals surface area (Å²) in [6.45, 7) is -0.254. The van der Waals surface area contributed by atoms with Crippen LogP contribution in [-0.4, -0.2) is 41.1 Å². The normalized spacial score (nSPS) is 13.4. The molecule has 102 valence electrons. The molecule has 0 aliphatic rings. The number of anilines is 1. The van der Waals surface area contributed by atoms with Crippen LogP contribution in [0.4, 0.5) is 19.0 Å². The van der Waals surface area contributed by atoms with Crippen molar-refractivity contribution in [3.63, 3.8) is 0 Å². The predicted molar refractivity (Wildman–Crippen MR) is 60.2 cm³/mol. The summed E-state index contributed by atoms with van der Waals surface area (Å²) in [7, 11) is 0. The van der Waals surface area contributed by atoms with E-state index in [1.54, 1.807) is 0 Å². The number of rotatable bonds is 5. The van der Waals surface area contributed by atoms with Crippen LogP contribution in [0, 0.1) is 0 Å². The molecule has 18 heavy (non-hydrogen) atoms. The molecule has 0 radical (unpaired) electrons. The summed E-state index contributed by atoms with van der Waals surface area (Å²) >= 11 is 0. The van der Waals surface area contributed by atoms with Crippen molar-refractivity contribution in [2.75, 3.05) is 24.6 Å². The monoisotopic (exact) mass is 264 g/mol. The quantitative estimate of drug-likeness (QED) is 0.846. The number of hydrogen-bond acceptors (Lipinski definition) is 4. The maximum atomic E-state index is 12.4. The van der Waals surface area contributed by atoms with E-state index < -0.39 is 25.4 Å². The molecular weight excluding hydrogens is 249 g/mol. The molecule has 1 atom stereocenters. The number of hydrogen-bond donors (Lipinski definition) is 2. The van der Waals surface area contributed by atoms with Crippen molar-refractivity contribution < 1.29 is 23.4 Å². The van der Waals surface area contributed by atoms with E-state index in [1.165, 1.54) is 25.3 Å². The third-order valence-corrected chi connectivity index (χ3v) is 2.32. The highest BCUT2D eigenvalue weighted by atomic mass is 19.4. The summed E-state index contributed by atoms with van der Waals surface area (Å²) in [5.74, 6) is 0.0831. The van der Waals surface area contributed by atoms with Crippen LogP contribution in [0.25, 0.3) is 0 Å². The van der Waals surface area contributed by atoms with Crippen LogP contribution in [0.15, 0.2) is 18.3 Å². The molecule has 0 aliphatic carbocycles. The molecule has 0 fully saturated rings. The lowest BCUT2D eigenvalue weighted by Crippen LogP contribution is -2.36. The van der Waals surface area contributed by atoms with E-state index in [1.807, 2.05) is 0 Å². The molecule has 0 unspecified atom stereocenters. The summed E-state index contributed by atoms with van der Waals surface area (Å²) in [5, 5.41) is 18.2. The summed E-state index contributed by atoms with van der Waals surface area (Å²) in [4.78, 5) is 4.75. The van der Waals surface area contributed by atoms with Gasteiger partial charge in [-0.3, -0.25) is 0 Å². The lowest BCUT2D eigenvalue weighted by Gasteiger charge is -2.24. The first kappa shape index (κ1) is 14.7. The van der Waals surface area contributed by atoms with Gasteiger partial charge in [-0.25, -0.2) is 4.98 Å². The van der Waals surface area contributed by atoms with Crippen LogP contribution in [0.5, 0.6) is 0 Å². The first-order chi connectivity index (χ1) is 8.33. The van der Waals surface area contributed by atoms with Crippen molar-refractivity contribution in [1.29, 1.82) is 0 Å². The van der Waals surface area contributed by atoms with Gasteiger partial charge >= 0.3 is 6.18 Å². The Labute approximate surface area is 103 Å². The van der Waals surface area contributed by atoms with Crippen molar-refractivity contribution in [2.24, 2.45) is 0 Å². The number of aliphatic hydroxyl groups is 2. The van der Waals surface area contributed by atoms with E-state index in [0.717, 1.165) is 4.90 Å². The molecule has 1 rings (SSSR count). The smallest absolute Gasteiger partial charge is 0.395 e. The molecule has 0 bridgehead atoms. The van der Waals surface area contributed by atoms with Gasteiger partial charge in [0, 0.05) is 12.7 Å². The fourth-order valence-corrected chi connectivity index (χ4v) is 1.48. The number of nitrogens with zero attached hydrogens (tertiary/aromatic N) is 2. The largest absolute Gasteiger partial charge is 0.405 e. The molecule has 1 aromatic rings. The van der Waals surface area contributed by atoms with Gasteiger partial charge in [0.2, 0.25) is 0 Å². The fourth-order valence-electron chi connectivity index (χ4n) is 1.48. The van der Waals surface area contributed by atoms with Crippen molar-refractivity contribution in [3.05, 3.63) is 23.9 Å². The maximum Gasteiger partial charge on any atom is 0.405 e. The number of alkyl halides is 3. The molecule has 0 saturated heterocycles. The third-order valence-electron chi connectivity index (χ3n) is 2.32. The minimum atomic E-state index is -4.38. The Hall–Kier alpha value is -1.34. The van der Waals surface area contributed by atoms with Crippen LogP contribution in [0.1, 0.15) is 18.6 Å². The lowest BCUT2D eigenvalue weighted by atomic mass is 10.1. The Morgan fingerprint density at radius 3 is 2.61 bits per heavy atom. The first-order valence-electron chi connectivity index (χ1n) is 5.40. The molecule has 1 aromatic heterocycles. The van der Waals surface area contributed by atoms with Crippen LogP contribution in [0.2, 0.25) is 0 Å². The summed E-state index contributed by atoms with van der Waals surface area (Å²) in [6.07, 6.45) is -3.83. The molecule has 4 nitrogen and oxygen atoms in total. The van der Waals surface area contributed by atoms with Gasteiger partial charge in [0.1, 0.15) is 12.4 Å². The van der Waals surface area contributed by atoms with Gasteiger partial charge in [-0.2, -0.15) is 13.2 Å². The molecule has 0 saturated carbocycles. The second-order valence-corrected chi connectivity index (χ2v) is 3.88. The van der Waals surface area contributed by atoms with Gasteiger partial charge in [0.15, 0.2) is 0 Å². The van der Waals surface area contributed by atoms with Gasteiger partial charge in [0.25, 0.3) is 0 Å². The predicted octanol–water partition coefficient (Wildman–Crippen LogP) is 1.50. The van der Waals surface area contributed by atoms with Gasteiger partial charge in [0.05, 0.1) is 12.7 Å². The number of aliphatic hydroxyl groups excluding tert-OH is 2. The van der Waals surface area contributed by atoms with E-state index in [4.69, 9.17) is 5.11 Å². The Morgan fingerprint density at radius 1 is 1.44 bits per heavy atom. The van der Waals surface area contributed by atoms with E-state index in [2.05, 4.69) is 4.98 Å². The Bertz CT molecular complexity index is 383. The molecule has 0 aromatic carbocycles. The van der Waals surface area contributed by atoms with Crippen LogP contribution in [0.3, 0.4) is 0 Å². The zero-order valence-corrected chi connectivity index (χ0v) is 9.85. The molecule has 0 aliphatic heterocycles. The van der Waals surface area contributed by atoms with Gasteiger partial charge < -0.3 is 15.1 Å². The molecule has 0 spiro atoms. The van der Waals surface area contributed by atoms with Gasteiger partial charge in [-0.05, 0) is 24.6 Å². The Morgan fingerprint density at radius 2 is 2.11 bits per heavy atom. The molecule has 0 amide bonds. The highest BCUT2D eigenvalue weighted by Crippen LogP contribution is 2.22. The van der Waals surface area contributed by atoms with Crippen molar-refractivity contribution in [1.82, 2.24) is 4.98 Å². The van der Waals surface area contributed by atoms with E-state index >= 15 is 0 Å². The van der Waals surface area contributed by atoms with E-state index in [-0.39, 0.29) is 12.4 Å². The average Bonchev–Trinajstić information content (AvgIpc) is 2.27. The summed E-state index contributed by atoms with van der Waals surface area (Å²) < 4.78 is 37.1. The minimum Gasteiger partial charge on any atom is -0.395 e.